The Hall–Kier alpha value is -1.55. The molecule has 0 N–H and O–H groups in total. The lowest BCUT2D eigenvalue weighted by atomic mass is 10.1. The van der Waals surface area contributed by atoms with E-state index >= 15 is 0 Å². The van der Waals surface area contributed by atoms with Crippen LogP contribution in [0.25, 0.3) is 22.0 Å². The lowest BCUT2D eigenvalue weighted by molar-refractivity contribution is 0.340. The van der Waals surface area contributed by atoms with E-state index in [1.54, 1.807) is 0 Å². The second-order valence-electron chi connectivity index (χ2n) is 6.02. The summed E-state index contributed by atoms with van der Waals surface area (Å²) in [6.45, 7) is 2.25. The zero-order chi connectivity index (χ0) is 16.2. The number of aromatic nitrogens is 1. The third-order valence-corrected chi connectivity index (χ3v) is 5.35. The molecule has 0 bridgehead atoms. The largest absolute Gasteiger partial charge is 0.306 e. The van der Waals surface area contributed by atoms with Gasteiger partial charge in [0.15, 0.2) is 0 Å². The van der Waals surface area contributed by atoms with E-state index in [-0.39, 0.29) is 12.4 Å². The van der Waals surface area contributed by atoms with Gasteiger partial charge in [0.2, 0.25) is 0 Å². The molecule has 1 aromatic heterocycles. The van der Waals surface area contributed by atoms with Gasteiger partial charge in [0.1, 0.15) is 5.03 Å². The van der Waals surface area contributed by atoms with Crippen LogP contribution in [0, 0.1) is 0 Å². The molecule has 24 heavy (non-hydrogen) atoms. The standard InChI is InChI=1S/C20H22N2S.ClH/c1-15(22(2)3)14-23-20-18(16-9-5-4-6-10-16)13-17-11-7-8-12-19(17)21-20;/h4-13,15H,14H2,1-3H3;1H/t15-;/m0./s1. The van der Waals surface area contributed by atoms with Gasteiger partial charge in [-0.25, -0.2) is 4.98 Å². The van der Waals surface area contributed by atoms with E-state index in [0.29, 0.717) is 6.04 Å². The van der Waals surface area contributed by atoms with Gasteiger partial charge in [0.25, 0.3) is 0 Å². The number of fused-ring (bicyclic) bond motifs is 1. The van der Waals surface area contributed by atoms with Crippen molar-refractivity contribution in [3.8, 4) is 11.1 Å². The highest BCUT2D eigenvalue weighted by Gasteiger charge is 2.12. The van der Waals surface area contributed by atoms with Gasteiger partial charge in [-0.15, -0.1) is 24.2 Å². The fourth-order valence-electron chi connectivity index (χ4n) is 2.38. The summed E-state index contributed by atoms with van der Waals surface area (Å²) >= 11 is 1.84. The first-order chi connectivity index (χ1) is 11.1. The minimum Gasteiger partial charge on any atom is -0.306 e. The van der Waals surface area contributed by atoms with Gasteiger partial charge in [0, 0.05) is 22.7 Å². The lowest BCUT2D eigenvalue weighted by Crippen LogP contribution is -2.26. The molecule has 0 aliphatic rings. The first-order valence-electron chi connectivity index (χ1n) is 7.89. The van der Waals surface area contributed by atoms with E-state index < -0.39 is 0 Å². The van der Waals surface area contributed by atoms with Gasteiger partial charge in [-0.2, -0.15) is 0 Å². The van der Waals surface area contributed by atoms with Crippen molar-refractivity contribution < 1.29 is 0 Å². The molecule has 0 saturated carbocycles. The average Bonchev–Trinajstić information content (AvgIpc) is 2.59. The molecule has 0 spiro atoms. The van der Waals surface area contributed by atoms with Crippen LogP contribution >= 0.6 is 24.2 Å². The first kappa shape index (κ1) is 18.8. The topological polar surface area (TPSA) is 16.1 Å². The Bertz CT molecular complexity index is 790. The van der Waals surface area contributed by atoms with Crippen LogP contribution in [0.5, 0.6) is 0 Å². The third kappa shape index (κ3) is 4.29. The zero-order valence-electron chi connectivity index (χ0n) is 14.3. The van der Waals surface area contributed by atoms with Gasteiger partial charge >= 0.3 is 0 Å². The predicted molar refractivity (Wildman–Crippen MR) is 108 cm³/mol. The van der Waals surface area contributed by atoms with E-state index in [1.807, 2.05) is 11.8 Å². The minimum atomic E-state index is 0. The summed E-state index contributed by atoms with van der Waals surface area (Å²) in [6.07, 6.45) is 0. The van der Waals surface area contributed by atoms with E-state index in [2.05, 4.69) is 86.6 Å². The first-order valence-corrected chi connectivity index (χ1v) is 8.88. The van der Waals surface area contributed by atoms with Gasteiger partial charge in [-0.1, -0.05) is 48.5 Å². The molecule has 0 aliphatic heterocycles. The Morgan fingerprint density at radius 1 is 1.00 bits per heavy atom. The van der Waals surface area contributed by atoms with Crippen molar-refractivity contribution in [2.24, 2.45) is 0 Å². The van der Waals surface area contributed by atoms with E-state index in [0.717, 1.165) is 16.3 Å². The van der Waals surface area contributed by atoms with Crippen molar-refractivity contribution in [2.75, 3.05) is 19.8 Å². The summed E-state index contributed by atoms with van der Waals surface area (Å²) in [5.74, 6) is 1.03. The molecule has 0 saturated heterocycles. The molecule has 0 aliphatic carbocycles. The summed E-state index contributed by atoms with van der Waals surface area (Å²) in [5.41, 5.74) is 3.51. The number of hydrogen-bond acceptors (Lipinski definition) is 3. The fourth-order valence-corrected chi connectivity index (χ4v) is 3.57. The summed E-state index contributed by atoms with van der Waals surface area (Å²) < 4.78 is 0. The predicted octanol–water partition coefficient (Wildman–Crippen LogP) is 5.37. The fraction of sp³-hybridized carbons (Fsp3) is 0.250. The molecule has 0 amide bonds. The maximum absolute atomic E-state index is 4.93. The average molecular weight is 359 g/mol. The smallest absolute Gasteiger partial charge is 0.105 e. The Balaban J connectivity index is 0.00000208. The Labute approximate surface area is 154 Å². The number of halogens is 1. The third-order valence-electron chi connectivity index (χ3n) is 4.12. The van der Waals surface area contributed by atoms with Gasteiger partial charge in [-0.3, -0.25) is 0 Å². The molecule has 1 atom stereocenters. The van der Waals surface area contributed by atoms with E-state index in [1.165, 1.54) is 16.5 Å². The zero-order valence-corrected chi connectivity index (χ0v) is 15.9. The van der Waals surface area contributed by atoms with Crippen molar-refractivity contribution in [1.82, 2.24) is 9.88 Å². The Morgan fingerprint density at radius 3 is 2.38 bits per heavy atom. The molecular formula is C20H23ClN2S. The number of rotatable bonds is 5. The SMILES string of the molecule is C[C@@H](CSc1nc2ccccc2cc1-c1ccccc1)N(C)C.Cl. The highest BCUT2D eigenvalue weighted by molar-refractivity contribution is 7.99. The number of benzene rings is 2. The van der Waals surface area contributed by atoms with Crippen LogP contribution in [0.4, 0.5) is 0 Å². The second kappa shape index (κ2) is 8.52. The van der Waals surface area contributed by atoms with Crippen molar-refractivity contribution in [1.29, 1.82) is 0 Å². The van der Waals surface area contributed by atoms with Gasteiger partial charge in [0.05, 0.1) is 5.52 Å². The van der Waals surface area contributed by atoms with Crippen LogP contribution in [0.2, 0.25) is 0 Å². The molecule has 3 rings (SSSR count). The molecule has 126 valence electrons. The number of para-hydroxylation sites is 1. The van der Waals surface area contributed by atoms with Gasteiger partial charge < -0.3 is 4.90 Å². The molecule has 2 nitrogen and oxygen atoms in total. The minimum absolute atomic E-state index is 0. The van der Waals surface area contributed by atoms with Crippen molar-refractivity contribution in [2.45, 2.75) is 18.0 Å². The molecule has 4 heteroatoms. The highest BCUT2D eigenvalue weighted by atomic mass is 35.5. The Kier molecular flexibility index (Phi) is 6.67. The van der Waals surface area contributed by atoms with Crippen LogP contribution in [0.15, 0.2) is 65.7 Å². The molecule has 0 unspecified atom stereocenters. The van der Waals surface area contributed by atoms with Crippen molar-refractivity contribution in [3.63, 3.8) is 0 Å². The van der Waals surface area contributed by atoms with Crippen LogP contribution in [-0.2, 0) is 0 Å². The number of nitrogens with zero attached hydrogens (tertiary/aromatic N) is 2. The summed E-state index contributed by atoms with van der Waals surface area (Å²) in [6, 6.07) is 21.7. The van der Waals surface area contributed by atoms with Crippen LogP contribution in [-0.4, -0.2) is 35.8 Å². The maximum Gasteiger partial charge on any atom is 0.105 e. The summed E-state index contributed by atoms with van der Waals surface area (Å²) in [7, 11) is 4.24. The highest BCUT2D eigenvalue weighted by Crippen LogP contribution is 2.33. The molecule has 1 heterocycles. The summed E-state index contributed by atoms with van der Waals surface area (Å²) in [4.78, 5) is 7.17. The summed E-state index contributed by atoms with van der Waals surface area (Å²) in [5, 5.41) is 2.31. The van der Waals surface area contributed by atoms with Gasteiger partial charge in [-0.05, 0) is 38.7 Å². The molecular weight excluding hydrogens is 336 g/mol. The number of hydrogen-bond donors (Lipinski definition) is 0. The molecule has 0 radical (unpaired) electrons. The normalized spacial score (nSPS) is 12.2. The number of pyridine rings is 1. The van der Waals surface area contributed by atoms with E-state index in [9.17, 15) is 0 Å². The maximum atomic E-state index is 4.93. The van der Waals surface area contributed by atoms with Crippen LogP contribution in [0.1, 0.15) is 6.92 Å². The number of thioether (sulfide) groups is 1. The molecule has 0 fully saturated rings. The van der Waals surface area contributed by atoms with Crippen LogP contribution in [0.3, 0.4) is 0 Å². The van der Waals surface area contributed by atoms with Crippen LogP contribution < -0.4 is 0 Å². The molecule has 3 aromatic rings. The van der Waals surface area contributed by atoms with E-state index in [4.69, 9.17) is 4.98 Å². The Morgan fingerprint density at radius 2 is 1.67 bits per heavy atom. The second-order valence-corrected chi connectivity index (χ2v) is 7.03. The molecule has 2 aromatic carbocycles. The monoisotopic (exact) mass is 358 g/mol. The van der Waals surface area contributed by atoms with Crippen molar-refractivity contribution in [3.05, 3.63) is 60.7 Å². The lowest BCUT2D eigenvalue weighted by Gasteiger charge is -2.19. The quantitative estimate of drug-likeness (QED) is 0.571. The van der Waals surface area contributed by atoms with Crippen molar-refractivity contribution >= 4 is 35.1 Å².